The van der Waals surface area contributed by atoms with E-state index in [1.807, 2.05) is 13.8 Å². The standard InChI is InChI=1S/C11H14Cl2N2O3S/c1-3-6(2)15-11(16)9-7(12)4-5-8(10(9)13)19(14,17)18/h4-6H,3H2,1-2H3,(H,15,16)(H2,14,17,18). The SMILES string of the molecule is CCC(C)NC(=O)c1c(Cl)ccc(S(N)(=O)=O)c1Cl. The van der Waals surface area contributed by atoms with Gasteiger partial charge in [0.05, 0.1) is 15.6 Å². The normalized spacial score (nSPS) is 13.1. The Morgan fingerprint density at radius 2 is 2.00 bits per heavy atom. The average Bonchev–Trinajstić information content (AvgIpc) is 2.26. The third-order valence-electron chi connectivity index (χ3n) is 2.58. The lowest BCUT2D eigenvalue weighted by Crippen LogP contribution is -2.32. The fraction of sp³-hybridized carbons (Fsp3) is 0.364. The number of primary sulfonamides is 1. The number of carbonyl (C=O) groups excluding carboxylic acids is 1. The molecule has 1 atom stereocenters. The second-order valence-corrected chi connectivity index (χ2v) is 6.38. The van der Waals surface area contributed by atoms with Crippen molar-refractivity contribution in [2.24, 2.45) is 5.14 Å². The second-order valence-electron chi connectivity index (χ2n) is 4.06. The molecule has 1 amide bonds. The summed E-state index contributed by atoms with van der Waals surface area (Å²) < 4.78 is 22.7. The molecule has 8 heteroatoms. The maximum Gasteiger partial charge on any atom is 0.254 e. The van der Waals surface area contributed by atoms with Crippen molar-refractivity contribution in [3.63, 3.8) is 0 Å². The number of hydrogen-bond acceptors (Lipinski definition) is 3. The zero-order valence-corrected chi connectivity index (χ0v) is 12.7. The number of rotatable bonds is 4. The van der Waals surface area contributed by atoms with Crippen LogP contribution in [-0.2, 0) is 10.0 Å². The van der Waals surface area contributed by atoms with E-state index < -0.39 is 15.9 Å². The predicted octanol–water partition coefficient (Wildman–Crippen LogP) is 2.17. The van der Waals surface area contributed by atoms with E-state index in [1.165, 1.54) is 12.1 Å². The van der Waals surface area contributed by atoms with Crippen LogP contribution in [0.25, 0.3) is 0 Å². The summed E-state index contributed by atoms with van der Waals surface area (Å²) in [5, 5.41) is 7.48. The zero-order valence-electron chi connectivity index (χ0n) is 10.4. The summed E-state index contributed by atoms with van der Waals surface area (Å²) in [5.74, 6) is -0.533. The van der Waals surface area contributed by atoms with Crippen molar-refractivity contribution in [3.8, 4) is 0 Å². The first-order chi connectivity index (χ1) is 8.68. The van der Waals surface area contributed by atoms with Gasteiger partial charge in [-0.05, 0) is 25.5 Å². The van der Waals surface area contributed by atoms with E-state index in [-0.39, 0.29) is 26.5 Å². The van der Waals surface area contributed by atoms with Crippen molar-refractivity contribution in [1.29, 1.82) is 0 Å². The summed E-state index contributed by atoms with van der Waals surface area (Å²) in [6, 6.07) is 2.36. The van der Waals surface area contributed by atoms with Gasteiger partial charge in [-0.15, -0.1) is 0 Å². The van der Waals surface area contributed by atoms with E-state index in [2.05, 4.69) is 5.32 Å². The molecule has 0 heterocycles. The van der Waals surface area contributed by atoms with Crippen molar-refractivity contribution in [2.75, 3.05) is 0 Å². The van der Waals surface area contributed by atoms with Gasteiger partial charge in [-0.3, -0.25) is 4.79 Å². The van der Waals surface area contributed by atoms with Gasteiger partial charge in [0.25, 0.3) is 5.91 Å². The predicted molar refractivity (Wildman–Crippen MR) is 75.1 cm³/mol. The molecular formula is C11H14Cl2N2O3S. The molecular weight excluding hydrogens is 311 g/mol. The molecule has 5 nitrogen and oxygen atoms in total. The van der Waals surface area contributed by atoms with Gasteiger partial charge in [0.2, 0.25) is 10.0 Å². The van der Waals surface area contributed by atoms with E-state index in [4.69, 9.17) is 28.3 Å². The summed E-state index contributed by atoms with van der Waals surface area (Å²) in [6.45, 7) is 3.71. The number of carbonyl (C=O) groups is 1. The molecule has 0 spiro atoms. The number of nitrogens with two attached hydrogens (primary N) is 1. The molecule has 106 valence electrons. The van der Waals surface area contributed by atoms with Crippen LogP contribution in [-0.4, -0.2) is 20.4 Å². The summed E-state index contributed by atoms with van der Waals surface area (Å²) in [7, 11) is -4.01. The quantitative estimate of drug-likeness (QED) is 0.889. The minimum absolute atomic E-state index is 0.0678. The highest BCUT2D eigenvalue weighted by Gasteiger charge is 2.23. The van der Waals surface area contributed by atoms with Crippen LogP contribution in [0.15, 0.2) is 17.0 Å². The van der Waals surface area contributed by atoms with Crippen molar-refractivity contribution in [3.05, 3.63) is 27.7 Å². The zero-order chi connectivity index (χ0) is 14.8. The molecule has 0 radical (unpaired) electrons. The van der Waals surface area contributed by atoms with E-state index in [0.29, 0.717) is 0 Å². The number of halogens is 2. The third kappa shape index (κ3) is 3.82. The topological polar surface area (TPSA) is 89.3 Å². The summed E-state index contributed by atoms with van der Waals surface area (Å²) >= 11 is 11.8. The first-order valence-corrected chi connectivity index (χ1v) is 7.80. The maximum absolute atomic E-state index is 12.0. The van der Waals surface area contributed by atoms with Crippen molar-refractivity contribution < 1.29 is 13.2 Å². The summed E-state index contributed by atoms with van der Waals surface area (Å²) in [4.78, 5) is 11.7. The molecule has 1 rings (SSSR count). The molecule has 0 aliphatic rings. The van der Waals surface area contributed by atoms with Gasteiger partial charge in [-0.25, -0.2) is 13.6 Å². The number of nitrogens with one attached hydrogen (secondary N) is 1. The number of sulfonamides is 1. The van der Waals surface area contributed by atoms with Crippen molar-refractivity contribution in [2.45, 2.75) is 31.2 Å². The largest absolute Gasteiger partial charge is 0.350 e. The fourth-order valence-electron chi connectivity index (χ4n) is 1.36. The third-order valence-corrected chi connectivity index (χ3v) is 4.35. The molecule has 0 aromatic heterocycles. The van der Waals surface area contributed by atoms with E-state index in [1.54, 1.807) is 0 Å². The lowest BCUT2D eigenvalue weighted by atomic mass is 10.2. The molecule has 0 aliphatic heterocycles. The molecule has 19 heavy (non-hydrogen) atoms. The molecule has 0 fully saturated rings. The highest BCUT2D eigenvalue weighted by Crippen LogP contribution is 2.30. The highest BCUT2D eigenvalue weighted by molar-refractivity contribution is 7.89. The molecule has 0 bridgehead atoms. The number of hydrogen-bond donors (Lipinski definition) is 2. The maximum atomic E-state index is 12.0. The molecule has 0 saturated carbocycles. The molecule has 3 N–H and O–H groups in total. The van der Waals surface area contributed by atoms with Crippen LogP contribution in [0.3, 0.4) is 0 Å². The van der Waals surface area contributed by atoms with Crippen LogP contribution >= 0.6 is 23.2 Å². The summed E-state index contributed by atoms with van der Waals surface area (Å²) in [5.41, 5.74) is -0.0878. The molecule has 0 saturated heterocycles. The second kappa shape index (κ2) is 6.09. The Kier molecular flexibility index (Phi) is 5.20. The fourth-order valence-corrected chi connectivity index (χ4v) is 2.83. The lowest BCUT2D eigenvalue weighted by Gasteiger charge is -2.14. The van der Waals surface area contributed by atoms with Crippen molar-refractivity contribution in [1.82, 2.24) is 5.32 Å². The average molecular weight is 325 g/mol. The van der Waals surface area contributed by atoms with Crippen molar-refractivity contribution >= 4 is 39.1 Å². The Labute approximate surface area is 122 Å². The minimum atomic E-state index is -4.01. The molecule has 0 aliphatic carbocycles. The van der Waals surface area contributed by atoms with Gasteiger partial charge in [-0.2, -0.15) is 0 Å². The highest BCUT2D eigenvalue weighted by atomic mass is 35.5. The number of amides is 1. The monoisotopic (exact) mass is 324 g/mol. The Hall–Kier alpha value is -0.820. The van der Waals surface area contributed by atoms with Crippen LogP contribution in [0.4, 0.5) is 0 Å². The Bertz CT molecular complexity index is 602. The summed E-state index contributed by atoms with van der Waals surface area (Å²) in [6.07, 6.45) is 0.718. The molecule has 1 aromatic rings. The smallest absolute Gasteiger partial charge is 0.254 e. The van der Waals surface area contributed by atoms with Gasteiger partial charge < -0.3 is 5.32 Å². The first-order valence-electron chi connectivity index (χ1n) is 5.50. The van der Waals surface area contributed by atoms with Gasteiger partial charge in [-0.1, -0.05) is 30.1 Å². The van der Waals surface area contributed by atoms with Crippen LogP contribution in [0.1, 0.15) is 30.6 Å². The van der Waals surface area contributed by atoms with Gasteiger partial charge >= 0.3 is 0 Å². The number of benzene rings is 1. The van der Waals surface area contributed by atoms with Crippen LogP contribution in [0.2, 0.25) is 10.0 Å². The Morgan fingerprint density at radius 3 is 2.47 bits per heavy atom. The Morgan fingerprint density at radius 1 is 1.42 bits per heavy atom. The first kappa shape index (κ1) is 16.2. The van der Waals surface area contributed by atoms with Gasteiger partial charge in [0, 0.05) is 6.04 Å². The van der Waals surface area contributed by atoms with Gasteiger partial charge in [0.1, 0.15) is 4.90 Å². The minimum Gasteiger partial charge on any atom is -0.350 e. The molecule has 1 aromatic carbocycles. The molecule has 1 unspecified atom stereocenters. The van der Waals surface area contributed by atoms with Crippen LogP contribution < -0.4 is 10.5 Å². The van der Waals surface area contributed by atoms with E-state index >= 15 is 0 Å². The van der Waals surface area contributed by atoms with E-state index in [0.717, 1.165) is 6.42 Å². The Balaban J connectivity index is 3.32. The lowest BCUT2D eigenvalue weighted by molar-refractivity contribution is 0.0939. The van der Waals surface area contributed by atoms with Crippen LogP contribution in [0.5, 0.6) is 0 Å². The van der Waals surface area contributed by atoms with Gasteiger partial charge in [0.15, 0.2) is 0 Å². The van der Waals surface area contributed by atoms with E-state index in [9.17, 15) is 13.2 Å². The van der Waals surface area contributed by atoms with Crippen LogP contribution in [0, 0.1) is 0 Å².